The van der Waals surface area contributed by atoms with Gasteiger partial charge in [-0.15, -0.1) is 0 Å². The van der Waals surface area contributed by atoms with Crippen LogP contribution in [0.25, 0.3) is 0 Å². The number of hydrogen-bond acceptors (Lipinski definition) is 4. The Bertz CT molecular complexity index is 408. The fourth-order valence-electron chi connectivity index (χ4n) is 2.88. The molecule has 18 heavy (non-hydrogen) atoms. The average Bonchev–Trinajstić information content (AvgIpc) is 2.56. The van der Waals surface area contributed by atoms with E-state index >= 15 is 0 Å². The SMILES string of the molecule is CNC1CCCCN(CC2CCS(=O)(=O)C2)C1=O. The van der Waals surface area contributed by atoms with Gasteiger partial charge in [0.15, 0.2) is 9.84 Å². The number of likely N-dealkylation sites (tertiary alicyclic amines) is 1. The Hall–Kier alpha value is -0.620. The van der Waals surface area contributed by atoms with E-state index < -0.39 is 9.84 Å². The third-order valence-corrected chi connectivity index (χ3v) is 5.77. The molecule has 6 heteroatoms. The molecule has 0 aromatic carbocycles. The topological polar surface area (TPSA) is 66.5 Å². The first kappa shape index (κ1) is 13.8. The van der Waals surface area contributed by atoms with Gasteiger partial charge in [-0.2, -0.15) is 0 Å². The van der Waals surface area contributed by atoms with Crippen LogP contribution >= 0.6 is 0 Å². The zero-order chi connectivity index (χ0) is 13.2. The van der Waals surface area contributed by atoms with E-state index in [1.165, 1.54) is 0 Å². The van der Waals surface area contributed by atoms with Crippen LogP contribution in [-0.2, 0) is 14.6 Å². The molecule has 2 rings (SSSR count). The standard InChI is InChI=1S/C12H22N2O3S/c1-13-11-4-2-3-6-14(12(11)15)8-10-5-7-18(16,17)9-10/h10-11,13H,2-9H2,1H3. The van der Waals surface area contributed by atoms with Gasteiger partial charge in [0, 0.05) is 13.1 Å². The van der Waals surface area contributed by atoms with Crippen molar-refractivity contribution in [3.63, 3.8) is 0 Å². The Morgan fingerprint density at radius 1 is 1.33 bits per heavy atom. The minimum absolute atomic E-state index is 0.0921. The molecule has 2 atom stereocenters. The number of sulfone groups is 1. The summed E-state index contributed by atoms with van der Waals surface area (Å²) in [5.41, 5.74) is 0. The van der Waals surface area contributed by atoms with Gasteiger partial charge in [-0.1, -0.05) is 0 Å². The molecule has 0 radical (unpaired) electrons. The maximum atomic E-state index is 12.2. The van der Waals surface area contributed by atoms with Crippen molar-refractivity contribution < 1.29 is 13.2 Å². The lowest BCUT2D eigenvalue weighted by atomic mass is 10.1. The summed E-state index contributed by atoms with van der Waals surface area (Å²) in [6, 6.07) is -0.0921. The fraction of sp³-hybridized carbons (Fsp3) is 0.917. The van der Waals surface area contributed by atoms with Crippen LogP contribution in [0, 0.1) is 5.92 Å². The van der Waals surface area contributed by atoms with Crippen molar-refractivity contribution in [1.82, 2.24) is 10.2 Å². The molecule has 2 unspecified atom stereocenters. The van der Waals surface area contributed by atoms with E-state index in [1.54, 1.807) is 0 Å². The Kier molecular flexibility index (Phi) is 4.27. The monoisotopic (exact) mass is 274 g/mol. The first-order valence-corrected chi connectivity index (χ1v) is 8.50. The summed E-state index contributed by atoms with van der Waals surface area (Å²) in [4.78, 5) is 14.1. The predicted molar refractivity (Wildman–Crippen MR) is 70.0 cm³/mol. The van der Waals surface area contributed by atoms with Crippen molar-refractivity contribution in [2.24, 2.45) is 5.92 Å². The zero-order valence-corrected chi connectivity index (χ0v) is 11.7. The van der Waals surface area contributed by atoms with Crippen LogP contribution in [-0.4, -0.2) is 56.9 Å². The van der Waals surface area contributed by atoms with E-state index in [1.807, 2.05) is 11.9 Å². The molecular weight excluding hydrogens is 252 g/mol. The van der Waals surface area contributed by atoms with E-state index in [0.29, 0.717) is 13.0 Å². The highest BCUT2D eigenvalue weighted by Gasteiger charge is 2.32. The number of nitrogens with one attached hydrogen (secondary N) is 1. The highest BCUT2D eigenvalue weighted by Crippen LogP contribution is 2.21. The molecule has 0 bridgehead atoms. The maximum Gasteiger partial charge on any atom is 0.239 e. The van der Waals surface area contributed by atoms with Gasteiger partial charge in [-0.05, 0) is 38.6 Å². The molecular formula is C12H22N2O3S. The Morgan fingerprint density at radius 2 is 2.11 bits per heavy atom. The van der Waals surface area contributed by atoms with Crippen molar-refractivity contribution in [3.8, 4) is 0 Å². The molecule has 2 heterocycles. The van der Waals surface area contributed by atoms with Crippen LogP contribution in [0.15, 0.2) is 0 Å². The second-order valence-electron chi connectivity index (χ2n) is 5.39. The van der Waals surface area contributed by atoms with Crippen LogP contribution in [0.2, 0.25) is 0 Å². The van der Waals surface area contributed by atoms with Crippen molar-refractivity contribution >= 4 is 15.7 Å². The van der Waals surface area contributed by atoms with Crippen molar-refractivity contribution in [3.05, 3.63) is 0 Å². The van der Waals surface area contributed by atoms with Crippen LogP contribution in [0.4, 0.5) is 0 Å². The lowest BCUT2D eigenvalue weighted by Gasteiger charge is -2.26. The number of hydrogen-bond donors (Lipinski definition) is 1. The number of carbonyl (C=O) groups is 1. The van der Waals surface area contributed by atoms with Gasteiger partial charge < -0.3 is 10.2 Å². The molecule has 0 aromatic heterocycles. The van der Waals surface area contributed by atoms with Crippen molar-refractivity contribution in [2.75, 3.05) is 31.6 Å². The summed E-state index contributed by atoms with van der Waals surface area (Å²) in [6.07, 6.45) is 3.66. The molecule has 0 aliphatic carbocycles. The molecule has 0 aromatic rings. The molecule has 0 spiro atoms. The normalized spacial score (nSPS) is 32.5. The summed E-state index contributed by atoms with van der Waals surface area (Å²) in [5, 5.41) is 3.06. The smallest absolute Gasteiger partial charge is 0.239 e. The minimum Gasteiger partial charge on any atom is -0.341 e. The van der Waals surface area contributed by atoms with E-state index in [4.69, 9.17) is 0 Å². The largest absolute Gasteiger partial charge is 0.341 e. The second kappa shape index (κ2) is 5.57. The molecule has 1 amide bonds. The summed E-state index contributed by atoms with van der Waals surface area (Å²) in [5.74, 6) is 0.810. The van der Waals surface area contributed by atoms with Crippen LogP contribution in [0.5, 0.6) is 0 Å². The maximum absolute atomic E-state index is 12.2. The quantitative estimate of drug-likeness (QED) is 0.788. The summed E-state index contributed by atoms with van der Waals surface area (Å²) < 4.78 is 22.9. The molecule has 2 aliphatic heterocycles. The summed E-state index contributed by atoms with van der Waals surface area (Å²) in [6.45, 7) is 1.38. The van der Waals surface area contributed by atoms with E-state index in [9.17, 15) is 13.2 Å². The van der Waals surface area contributed by atoms with Gasteiger partial charge >= 0.3 is 0 Å². The summed E-state index contributed by atoms with van der Waals surface area (Å²) >= 11 is 0. The molecule has 0 saturated carbocycles. The Morgan fingerprint density at radius 3 is 2.72 bits per heavy atom. The van der Waals surface area contributed by atoms with Crippen LogP contribution < -0.4 is 5.32 Å². The number of likely N-dealkylation sites (N-methyl/N-ethyl adjacent to an activating group) is 1. The number of carbonyl (C=O) groups excluding carboxylic acids is 1. The summed E-state index contributed by atoms with van der Waals surface area (Å²) in [7, 11) is -1.03. The van der Waals surface area contributed by atoms with Crippen molar-refractivity contribution in [1.29, 1.82) is 0 Å². The lowest BCUT2D eigenvalue weighted by Crippen LogP contribution is -2.45. The number of nitrogens with zero attached hydrogens (tertiary/aromatic N) is 1. The van der Waals surface area contributed by atoms with Crippen LogP contribution in [0.3, 0.4) is 0 Å². The number of rotatable bonds is 3. The van der Waals surface area contributed by atoms with Gasteiger partial charge in [0.2, 0.25) is 5.91 Å². The molecule has 104 valence electrons. The molecule has 1 N–H and O–H groups in total. The van der Waals surface area contributed by atoms with E-state index in [2.05, 4.69) is 5.32 Å². The Balaban J connectivity index is 1.97. The highest BCUT2D eigenvalue weighted by atomic mass is 32.2. The van der Waals surface area contributed by atoms with Gasteiger partial charge in [0.05, 0.1) is 17.5 Å². The third kappa shape index (κ3) is 3.23. The third-order valence-electron chi connectivity index (χ3n) is 3.93. The van der Waals surface area contributed by atoms with Gasteiger partial charge in [0.1, 0.15) is 0 Å². The highest BCUT2D eigenvalue weighted by molar-refractivity contribution is 7.91. The van der Waals surface area contributed by atoms with Crippen molar-refractivity contribution in [2.45, 2.75) is 31.7 Å². The second-order valence-corrected chi connectivity index (χ2v) is 7.62. The van der Waals surface area contributed by atoms with E-state index in [-0.39, 0.29) is 29.4 Å². The Labute approximate surface area is 109 Å². The van der Waals surface area contributed by atoms with Gasteiger partial charge in [-0.25, -0.2) is 8.42 Å². The van der Waals surface area contributed by atoms with Crippen LogP contribution in [0.1, 0.15) is 25.7 Å². The van der Waals surface area contributed by atoms with E-state index in [0.717, 1.165) is 25.8 Å². The molecule has 2 saturated heterocycles. The molecule has 2 aliphatic rings. The zero-order valence-electron chi connectivity index (χ0n) is 10.9. The van der Waals surface area contributed by atoms with Gasteiger partial charge in [0.25, 0.3) is 0 Å². The van der Waals surface area contributed by atoms with Gasteiger partial charge in [-0.3, -0.25) is 4.79 Å². The minimum atomic E-state index is -2.85. The fourth-order valence-corrected chi connectivity index (χ4v) is 4.73. The molecule has 5 nitrogen and oxygen atoms in total. The average molecular weight is 274 g/mol. The molecule has 2 fully saturated rings. The first-order chi connectivity index (χ1) is 8.52. The number of amides is 1. The lowest BCUT2D eigenvalue weighted by molar-refractivity contribution is -0.133. The predicted octanol–water partition coefficient (Wildman–Crippen LogP) is 0.0216. The first-order valence-electron chi connectivity index (χ1n) is 6.68.